The lowest BCUT2D eigenvalue weighted by Gasteiger charge is -2.09. The Balaban J connectivity index is 2.56. The summed E-state index contributed by atoms with van der Waals surface area (Å²) in [5, 5.41) is 14.6. The first-order chi connectivity index (χ1) is 9.94. The van der Waals surface area contributed by atoms with Crippen LogP contribution in [0, 0.1) is 23.5 Å². The molecule has 0 bridgehead atoms. The molecule has 1 aromatic carbocycles. The number of aromatic amines is 1. The summed E-state index contributed by atoms with van der Waals surface area (Å²) in [6, 6.07) is 1.21. The molecular weight excluding hydrogens is 304 g/mol. The number of aromatic nitrogens is 2. The number of nitrogens with zero attached hydrogens (tertiary/aromatic N) is 1. The summed E-state index contributed by atoms with van der Waals surface area (Å²) in [5.74, 6) is 2.10. The van der Waals surface area contributed by atoms with Crippen molar-refractivity contribution in [2.75, 3.05) is 11.3 Å². The van der Waals surface area contributed by atoms with E-state index in [0.29, 0.717) is 6.07 Å². The minimum atomic E-state index is -4.33. The van der Waals surface area contributed by atoms with Crippen molar-refractivity contribution in [1.82, 2.24) is 10.2 Å². The van der Waals surface area contributed by atoms with Gasteiger partial charge in [0.15, 0.2) is 0 Å². The second kappa shape index (κ2) is 5.90. The molecule has 21 heavy (non-hydrogen) atoms. The van der Waals surface area contributed by atoms with Gasteiger partial charge in [-0.2, -0.15) is 5.10 Å². The first-order valence-corrected chi connectivity index (χ1v) is 7.03. The lowest BCUT2D eigenvalue weighted by molar-refractivity contribution is 0.350. The predicted octanol–water partition coefficient (Wildman–Crippen LogP) is 0.832. The van der Waals surface area contributed by atoms with Crippen LogP contribution in [-0.4, -0.2) is 30.3 Å². The Morgan fingerprint density at radius 1 is 1.38 bits per heavy atom. The van der Waals surface area contributed by atoms with Gasteiger partial charge in [0.2, 0.25) is 0 Å². The molecule has 110 valence electrons. The SMILES string of the molecule is O=S(=O)(Nc1cn[nH]c1)c1c(F)cc(F)cc1C#CCO. The quantitative estimate of drug-likeness (QED) is 0.732. The molecule has 0 aliphatic rings. The van der Waals surface area contributed by atoms with E-state index < -0.39 is 38.7 Å². The number of hydrogen-bond acceptors (Lipinski definition) is 4. The first-order valence-electron chi connectivity index (χ1n) is 5.54. The number of hydrogen-bond donors (Lipinski definition) is 3. The second-order valence-electron chi connectivity index (χ2n) is 3.82. The highest BCUT2D eigenvalue weighted by Gasteiger charge is 2.24. The zero-order chi connectivity index (χ0) is 15.5. The van der Waals surface area contributed by atoms with Gasteiger partial charge in [0, 0.05) is 12.3 Å². The monoisotopic (exact) mass is 313 g/mol. The van der Waals surface area contributed by atoms with Crippen LogP contribution in [0.25, 0.3) is 0 Å². The van der Waals surface area contributed by atoms with E-state index in [-0.39, 0.29) is 5.69 Å². The summed E-state index contributed by atoms with van der Waals surface area (Å²) in [7, 11) is -4.33. The minimum Gasteiger partial charge on any atom is -0.384 e. The molecule has 0 aliphatic heterocycles. The van der Waals surface area contributed by atoms with Crippen molar-refractivity contribution in [2.45, 2.75) is 4.90 Å². The van der Waals surface area contributed by atoms with Crippen molar-refractivity contribution < 1.29 is 22.3 Å². The third kappa shape index (κ3) is 3.36. The molecule has 1 aromatic heterocycles. The summed E-state index contributed by atoms with van der Waals surface area (Å²) in [4.78, 5) is -0.800. The van der Waals surface area contributed by atoms with Gasteiger partial charge < -0.3 is 5.11 Å². The number of H-pyrrole nitrogens is 1. The second-order valence-corrected chi connectivity index (χ2v) is 5.44. The molecule has 2 aromatic rings. The highest BCUT2D eigenvalue weighted by molar-refractivity contribution is 7.92. The van der Waals surface area contributed by atoms with E-state index in [2.05, 4.69) is 26.8 Å². The smallest absolute Gasteiger partial charge is 0.266 e. The average Bonchev–Trinajstić information content (AvgIpc) is 2.86. The Morgan fingerprint density at radius 3 is 2.76 bits per heavy atom. The molecule has 1 heterocycles. The Morgan fingerprint density at radius 2 is 2.14 bits per heavy atom. The summed E-state index contributed by atoms with van der Waals surface area (Å²) < 4.78 is 53.5. The van der Waals surface area contributed by atoms with Crippen LogP contribution in [-0.2, 0) is 10.0 Å². The molecule has 9 heteroatoms. The van der Waals surface area contributed by atoms with Gasteiger partial charge in [0.05, 0.1) is 17.4 Å². The maximum atomic E-state index is 13.8. The Kier molecular flexibility index (Phi) is 4.21. The van der Waals surface area contributed by atoms with Gasteiger partial charge in [-0.1, -0.05) is 11.8 Å². The number of anilines is 1. The zero-order valence-electron chi connectivity index (χ0n) is 10.4. The molecule has 0 spiro atoms. The van der Waals surface area contributed by atoms with Crippen molar-refractivity contribution in [3.63, 3.8) is 0 Å². The molecule has 0 radical (unpaired) electrons. The molecule has 0 amide bonds. The summed E-state index contributed by atoms with van der Waals surface area (Å²) in [6.45, 7) is -0.577. The molecule has 3 N–H and O–H groups in total. The standard InChI is InChI=1S/C12H9F2N3O3S/c13-9-4-8(2-1-3-18)12(11(14)5-9)21(19,20)17-10-6-15-16-7-10/h4-7,17-18H,3H2,(H,15,16). The third-order valence-corrected chi connectivity index (χ3v) is 3.79. The van der Waals surface area contributed by atoms with E-state index in [1.807, 2.05) is 0 Å². The predicted molar refractivity (Wildman–Crippen MR) is 69.7 cm³/mol. The highest BCUT2D eigenvalue weighted by atomic mass is 32.2. The number of aliphatic hydroxyl groups is 1. The van der Waals surface area contributed by atoms with E-state index in [4.69, 9.17) is 5.11 Å². The van der Waals surface area contributed by atoms with Crippen LogP contribution in [0.5, 0.6) is 0 Å². The zero-order valence-corrected chi connectivity index (χ0v) is 11.2. The van der Waals surface area contributed by atoms with Gasteiger partial charge in [-0.3, -0.25) is 9.82 Å². The first kappa shape index (κ1) is 15.0. The normalized spacial score (nSPS) is 10.8. The Hall–Kier alpha value is -2.44. The van der Waals surface area contributed by atoms with Crippen LogP contribution in [0.4, 0.5) is 14.5 Å². The van der Waals surface area contributed by atoms with E-state index >= 15 is 0 Å². The van der Waals surface area contributed by atoms with E-state index in [1.165, 1.54) is 12.4 Å². The molecular formula is C12H9F2N3O3S. The lowest BCUT2D eigenvalue weighted by atomic mass is 10.2. The van der Waals surface area contributed by atoms with Crippen LogP contribution in [0.3, 0.4) is 0 Å². The van der Waals surface area contributed by atoms with E-state index in [9.17, 15) is 17.2 Å². The maximum Gasteiger partial charge on any atom is 0.266 e. The van der Waals surface area contributed by atoms with E-state index in [1.54, 1.807) is 0 Å². The number of benzene rings is 1. The third-order valence-electron chi connectivity index (χ3n) is 2.33. The van der Waals surface area contributed by atoms with Crippen molar-refractivity contribution in [3.05, 3.63) is 41.7 Å². The van der Waals surface area contributed by atoms with Gasteiger partial charge in [-0.25, -0.2) is 17.2 Å². The van der Waals surface area contributed by atoms with Gasteiger partial charge in [-0.15, -0.1) is 0 Å². The average molecular weight is 313 g/mol. The number of aliphatic hydroxyl groups excluding tert-OH is 1. The molecule has 0 fully saturated rings. The number of sulfonamides is 1. The number of rotatable bonds is 3. The van der Waals surface area contributed by atoms with Crippen LogP contribution < -0.4 is 4.72 Å². The topological polar surface area (TPSA) is 95.1 Å². The van der Waals surface area contributed by atoms with Gasteiger partial charge >= 0.3 is 0 Å². The molecule has 0 unspecified atom stereocenters. The molecule has 0 atom stereocenters. The van der Waals surface area contributed by atoms with Crippen molar-refractivity contribution in [1.29, 1.82) is 0 Å². The van der Waals surface area contributed by atoms with Gasteiger partial charge in [0.25, 0.3) is 10.0 Å². The van der Waals surface area contributed by atoms with E-state index in [0.717, 1.165) is 6.07 Å². The molecule has 6 nitrogen and oxygen atoms in total. The van der Waals surface area contributed by atoms with Crippen molar-refractivity contribution >= 4 is 15.7 Å². The number of nitrogens with one attached hydrogen (secondary N) is 2. The lowest BCUT2D eigenvalue weighted by Crippen LogP contribution is -2.16. The van der Waals surface area contributed by atoms with Crippen LogP contribution in [0.2, 0.25) is 0 Å². The maximum absolute atomic E-state index is 13.8. The minimum absolute atomic E-state index is 0.0831. The Labute approximate surface area is 118 Å². The summed E-state index contributed by atoms with van der Waals surface area (Å²) in [5.41, 5.74) is -0.308. The molecule has 2 rings (SSSR count). The van der Waals surface area contributed by atoms with Gasteiger partial charge in [0.1, 0.15) is 23.1 Å². The van der Waals surface area contributed by atoms with Crippen LogP contribution in [0.15, 0.2) is 29.4 Å². The largest absolute Gasteiger partial charge is 0.384 e. The number of halogens is 2. The van der Waals surface area contributed by atoms with Gasteiger partial charge in [-0.05, 0) is 6.07 Å². The fourth-order valence-corrected chi connectivity index (χ4v) is 2.81. The highest BCUT2D eigenvalue weighted by Crippen LogP contribution is 2.23. The molecule has 0 aliphatic carbocycles. The molecule has 0 saturated heterocycles. The summed E-state index contributed by atoms with van der Waals surface area (Å²) >= 11 is 0. The summed E-state index contributed by atoms with van der Waals surface area (Å²) in [6.07, 6.45) is 2.43. The van der Waals surface area contributed by atoms with Crippen molar-refractivity contribution in [2.24, 2.45) is 0 Å². The van der Waals surface area contributed by atoms with Crippen LogP contribution >= 0.6 is 0 Å². The Bertz CT molecular complexity index is 808. The molecule has 0 saturated carbocycles. The van der Waals surface area contributed by atoms with Crippen LogP contribution in [0.1, 0.15) is 5.56 Å². The fraction of sp³-hybridized carbons (Fsp3) is 0.0833. The van der Waals surface area contributed by atoms with Crippen molar-refractivity contribution in [3.8, 4) is 11.8 Å². The fourth-order valence-electron chi connectivity index (χ4n) is 1.57.